The molecule has 2 heterocycles. The van der Waals surface area contributed by atoms with Crippen LogP contribution in [0, 0.1) is 0 Å². The third-order valence-electron chi connectivity index (χ3n) is 3.14. The summed E-state index contributed by atoms with van der Waals surface area (Å²) in [7, 11) is 1.74. The molecule has 1 fully saturated rings. The number of aromatic nitrogens is 1. The second kappa shape index (κ2) is 3.08. The Bertz CT molecular complexity index is 480. The zero-order chi connectivity index (χ0) is 10.3. The molecule has 2 aromatic rings. The summed E-state index contributed by atoms with van der Waals surface area (Å²) in [4.78, 5) is 3.26. The molecular formula is C12H13NO2. The number of hydrogen-bond donors (Lipinski definition) is 1. The number of para-hydroxylation sites is 1. The van der Waals surface area contributed by atoms with Crippen LogP contribution in [0.2, 0.25) is 0 Å². The third kappa shape index (κ3) is 1.14. The van der Waals surface area contributed by atoms with E-state index in [1.807, 2.05) is 18.3 Å². The minimum atomic E-state index is -0.237. The Morgan fingerprint density at radius 2 is 2.13 bits per heavy atom. The second-order valence-corrected chi connectivity index (χ2v) is 3.94. The highest BCUT2D eigenvalue weighted by molar-refractivity contribution is 5.84. The van der Waals surface area contributed by atoms with Crippen LogP contribution >= 0.6 is 0 Å². The maximum Gasteiger partial charge on any atom is 0.141 e. The van der Waals surface area contributed by atoms with Crippen LogP contribution in [-0.2, 0) is 15.1 Å². The normalized spacial score (nSPS) is 19.0. The summed E-state index contributed by atoms with van der Waals surface area (Å²) in [6, 6.07) is 8.25. The molecule has 0 saturated carbocycles. The zero-order valence-electron chi connectivity index (χ0n) is 8.62. The lowest BCUT2D eigenvalue weighted by atomic mass is 9.91. The fourth-order valence-corrected chi connectivity index (χ4v) is 2.12. The van der Waals surface area contributed by atoms with Crippen LogP contribution in [0.15, 0.2) is 30.5 Å². The minimum Gasteiger partial charge on any atom is -0.375 e. The molecule has 1 aromatic heterocycles. The van der Waals surface area contributed by atoms with E-state index >= 15 is 0 Å². The maximum atomic E-state index is 5.58. The Hall–Kier alpha value is -1.32. The van der Waals surface area contributed by atoms with Crippen molar-refractivity contribution in [1.82, 2.24) is 4.98 Å². The number of ether oxygens (including phenoxy) is 2. The number of H-pyrrole nitrogens is 1. The molecule has 3 nitrogen and oxygen atoms in total. The van der Waals surface area contributed by atoms with Crippen LogP contribution in [-0.4, -0.2) is 25.3 Å². The number of benzene rings is 1. The SMILES string of the molecule is COC1(c2c[nH]c3ccccc23)COC1. The van der Waals surface area contributed by atoms with Crippen LogP contribution < -0.4 is 0 Å². The number of nitrogens with one attached hydrogen (secondary N) is 1. The van der Waals surface area contributed by atoms with Gasteiger partial charge in [0.15, 0.2) is 0 Å². The first-order chi connectivity index (χ1) is 7.36. The standard InChI is InChI=1S/C12H13NO2/c1-14-12(7-15-8-12)10-6-13-11-5-3-2-4-9(10)11/h2-6,13H,7-8H2,1H3. The van der Waals surface area contributed by atoms with Crippen molar-refractivity contribution in [3.05, 3.63) is 36.0 Å². The largest absolute Gasteiger partial charge is 0.375 e. The average Bonchev–Trinajstić information content (AvgIpc) is 2.62. The van der Waals surface area contributed by atoms with Gasteiger partial charge in [0.1, 0.15) is 5.60 Å². The van der Waals surface area contributed by atoms with Crippen molar-refractivity contribution in [3.8, 4) is 0 Å². The Labute approximate surface area is 88.0 Å². The van der Waals surface area contributed by atoms with Gasteiger partial charge in [-0.15, -0.1) is 0 Å². The number of hydrogen-bond acceptors (Lipinski definition) is 2. The van der Waals surface area contributed by atoms with Gasteiger partial charge in [0.05, 0.1) is 13.2 Å². The molecule has 15 heavy (non-hydrogen) atoms. The lowest BCUT2D eigenvalue weighted by molar-refractivity contribution is -0.201. The third-order valence-corrected chi connectivity index (χ3v) is 3.14. The monoisotopic (exact) mass is 203 g/mol. The van der Waals surface area contributed by atoms with Crippen LogP contribution in [0.3, 0.4) is 0 Å². The van der Waals surface area contributed by atoms with Gasteiger partial charge in [0.2, 0.25) is 0 Å². The first-order valence-electron chi connectivity index (χ1n) is 5.05. The molecule has 1 aliphatic heterocycles. The molecule has 3 heteroatoms. The summed E-state index contributed by atoms with van der Waals surface area (Å²) >= 11 is 0. The first kappa shape index (κ1) is 8.95. The first-order valence-corrected chi connectivity index (χ1v) is 5.05. The van der Waals surface area contributed by atoms with E-state index < -0.39 is 0 Å². The quantitative estimate of drug-likeness (QED) is 0.810. The summed E-state index contributed by atoms with van der Waals surface area (Å²) in [5, 5.41) is 1.22. The Balaban J connectivity index is 2.18. The van der Waals surface area contributed by atoms with E-state index in [-0.39, 0.29) is 5.60 Å². The number of methoxy groups -OCH3 is 1. The molecule has 1 saturated heterocycles. The molecule has 1 aliphatic rings. The van der Waals surface area contributed by atoms with E-state index in [1.165, 1.54) is 10.9 Å². The van der Waals surface area contributed by atoms with Gasteiger partial charge in [-0.05, 0) is 6.07 Å². The molecule has 78 valence electrons. The predicted molar refractivity (Wildman–Crippen MR) is 57.8 cm³/mol. The molecule has 0 radical (unpaired) electrons. The Kier molecular flexibility index (Phi) is 1.84. The number of rotatable bonds is 2. The fraction of sp³-hybridized carbons (Fsp3) is 0.333. The van der Waals surface area contributed by atoms with E-state index in [2.05, 4.69) is 17.1 Å². The van der Waals surface area contributed by atoms with Crippen molar-refractivity contribution in [3.63, 3.8) is 0 Å². The maximum absolute atomic E-state index is 5.58. The van der Waals surface area contributed by atoms with Crippen molar-refractivity contribution in [2.45, 2.75) is 5.60 Å². The molecule has 0 aliphatic carbocycles. The molecule has 0 spiro atoms. The van der Waals surface area contributed by atoms with Gasteiger partial charge in [-0.2, -0.15) is 0 Å². The number of fused-ring (bicyclic) bond motifs is 1. The van der Waals surface area contributed by atoms with E-state index in [9.17, 15) is 0 Å². The minimum absolute atomic E-state index is 0.237. The lowest BCUT2D eigenvalue weighted by Gasteiger charge is -2.39. The lowest BCUT2D eigenvalue weighted by Crippen LogP contribution is -2.48. The van der Waals surface area contributed by atoms with Crippen LogP contribution in [0.5, 0.6) is 0 Å². The molecule has 3 rings (SSSR count). The fourth-order valence-electron chi connectivity index (χ4n) is 2.12. The van der Waals surface area contributed by atoms with Crippen molar-refractivity contribution in [2.75, 3.05) is 20.3 Å². The molecule has 1 aromatic carbocycles. The van der Waals surface area contributed by atoms with Crippen molar-refractivity contribution in [1.29, 1.82) is 0 Å². The highest BCUT2D eigenvalue weighted by Crippen LogP contribution is 2.37. The highest BCUT2D eigenvalue weighted by atomic mass is 16.6. The van der Waals surface area contributed by atoms with Gasteiger partial charge < -0.3 is 14.5 Å². The topological polar surface area (TPSA) is 34.2 Å². The van der Waals surface area contributed by atoms with Crippen molar-refractivity contribution < 1.29 is 9.47 Å². The van der Waals surface area contributed by atoms with Crippen LogP contribution in [0.1, 0.15) is 5.56 Å². The predicted octanol–water partition coefficient (Wildman–Crippen LogP) is 2.04. The van der Waals surface area contributed by atoms with Gasteiger partial charge in [0.25, 0.3) is 0 Å². The van der Waals surface area contributed by atoms with E-state index in [4.69, 9.17) is 9.47 Å². The van der Waals surface area contributed by atoms with Crippen LogP contribution in [0.25, 0.3) is 10.9 Å². The zero-order valence-corrected chi connectivity index (χ0v) is 8.62. The molecule has 0 unspecified atom stereocenters. The molecule has 0 amide bonds. The van der Waals surface area contributed by atoms with Gasteiger partial charge in [-0.3, -0.25) is 0 Å². The Morgan fingerprint density at radius 1 is 1.33 bits per heavy atom. The molecule has 1 N–H and O–H groups in total. The average molecular weight is 203 g/mol. The van der Waals surface area contributed by atoms with Gasteiger partial charge >= 0.3 is 0 Å². The van der Waals surface area contributed by atoms with Gasteiger partial charge in [0, 0.05) is 29.8 Å². The molecule has 0 bridgehead atoms. The highest BCUT2D eigenvalue weighted by Gasteiger charge is 2.42. The van der Waals surface area contributed by atoms with Crippen LogP contribution in [0.4, 0.5) is 0 Å². The molecular weight excluding hydrogens is 190 g/mol. The van der Waals surface area contributed by atoms with Crippen molar-refractivity contribution in [2.24, 2.45) is 0 Å². The summed E-state index contributed by atoms with van der Waals surface area (Å²) in [5.74, 6) is 0. The van der Waals surface area contributed by atoms with Gasteiger partial charge in [-0.25, -0.2) is 0 Å². The Morgan fingerprint density at radius 3 is 2.80 bits per heavy atom. The summed E-state index contributed by atoms with van der Waals surface area (Å²) < 4.78 is 10.8. The summed E-state index contributed by atoms with van der Waals surface area (Å²) in [5.41, 5.74) is 2.11. The number of aromatic amines is 1. The second-order valence-electron chi connectivity index (χ2n) is 3.94. The summed E-state index contributed by atoms with van der Waals surface area (Å²) in [6.07, 6.45) is 2.02. The van der Waals surface area contributed by atoms with Crippen molar-refractivity contribution >= 4 is 10.9 Å². The van der Waals surface area contributed by atoms with E-state index in [0.717, 1.165) is 5.52 Å². The smallest absolute Gasteiger partial charge is 0.141 e. The van der Waals surface area contributed by atoms with Gasteiger partial charge in [-0.1, -0.05) is 18.2 Å². The molecule has 0 atom stereocenters. The van der Waals surface area contributed by atoms with E-state index in [0.29, 0.717) is 13.2 Å². The van der Waals surface area contributed by atoms with E-state index in [1.54, 1.807) is 7.11 Å². The summed E-state index contributed by atoms with van der Waals surface area (Å²) in [6.45, 7) is 1.29.